The molecular formula is C15H18BrFN2O2. The van der Waals surface area contributed by atoms with Crippen LogP contribution >= 0.6 is 15.9 Å². The van der Waals surface area contributed by atoms with Gasteiger partial charge in [0, 0.05) is 24.2 Å². The summed E-state index contributed by atoms with van der Waals surface area (Å²) in [6, 6.07) is 6.11. The SMILES string of the molecule is CC(C)(C)NCc1cc(COc2cc(F)ccc2Br)on1. The fraction of sp³-hybridized carbons (Fsp3) is 0.400. The number of aromatic nitrogens is 1. The van der Waals surface area contributed by atoms with Crippen molar-refractivity contribution < 1.29 is 13.7 Å². The van der Waals surface area contributed by atoms with Crippen LogP contribution in [0.4, 0.5) is 4.39 Å². The van der Waals surface area contributed by atoms with Crippen molar-refractivity contribution in [3.8, 4) is 5.75 Å². The molecule has 0 amide bonds. The van der Waals surface area contributed by atoms with Crippen molar-refractivity contribution in [3.05, 3.63) is 46.0 Å². The highest BCUT2D eigenvalue weighted by molar-refractivity contribution is 9.10. The molecule has 4 nitrogen and oxygen atoms in total. The molecule has 2 aromatic rings. The summed E-state index contributed by atoms with van der Waals surface area (Å²) in [4.78, 5) is 0. The lowest BCUT2D eigenvalue weighted by atomic mass is 10.1. The first-order valence-corrected chi connectivity index (χ1v) is 7.40. The standard InChI is InChI=1S/C15H18BrFN2O2/c1-15(2,3)18-8-11-7-12(21-19-11)9-20-14-6-10(17)4-5-13(14)16/h4-7,18H,8-9H2,1-3H3. The Morgan fingerprint density at radius 2 is 2.10 bits per heavy atom. The van der Waals surface area contributed by atoms with Crippen LogP contribution in [-0.4, -0.2) is 10.7 Å². The molecule has 0 unspecified atom stereocenters. The van der Waals surface area contributed by atoms with E-state index in [1.807, 2.05) is 6.07 Å². The van der Waals surface area contributed by atoms with E-state index in [9.17, 15) is 4.39 Å². The lowest BCUT2D eigenvalue weighted by Crippen LogP contribution is -2.35. The summed E-state index contributed by atoms with van der Waals surface area (Å²) in [5.74, 6) is 0.679. The Balaban J connectivity index is 1.92. The van der Waals surface area contributed by atoms with E-state index >= 15 is 0 Å². The van der Waals surface area contributed by atoms with Crippen LogP contribution in [0.15, 0.2) is 33.3 Å². The van der Waals surface area contributed by atoms with Gasteiger partial charge >= 0.3 is 0 Å². The molecule has 0 saturated carbocycles. The molecule has 21 heavy (non-hydrogen) atoms. The summed E-state index contributed by atoms with van der Waals surface area (Å²) in [5, 5.41) is 7.29. The summed E-state index contributed by atoms with van der Waals surface area (Å²) in [6.07, 6.45) is 0. The van der Waals surface area contributed by atoms with E-state index < -0.39 is 0 Å². The first kappa shape index (κ1) is 16.0. The molecular weight excluding hydrogens is 339 g/mol. The third kappa shape index (κ3) is 5.13. The number of halogens is 2. The van der Waals surface area contributed by atoms with Crippen LogP contribution in [0.5, 0.6) is 5.75 Å². The van der Waals surface area contributed by atoms with E-state index in [2.05, 4.69) is 47.2 Å². The van der Waals surface area contributed by atoms with Crippen molar-refractivity contribution >= 4 is 15.9 Å². The number of nitrogens with one attached hydrogen (secondary N) is 1. The highest BCUT2D eigenvalue weighted by atomic mass is 79.9. The van der Waals surface area contributed by atoms with Gasteiger partial charge in [-0.2, -0.15) is 0 Å². The van der Waals surface area contributed by atoms with Crippen molar-refractivity contribution in [2.45, 2.75) is 39.5 Å². The Hall–Kier alpha value is -1.40. The summed E-state index contributed by atoms with van der Waals surface area (Å²) >= 11 is 3.31. The summed E-state index contributed by atoms with van der Waals surface area (Å²) < 4.78 is 24.6. The second-order valence-corrected chi connectivity index (χ2v) is 6.61. The molecule has 0 fully saturated rings. The van der Waals surface area contributed by atoms with E-state index in [-0.39, 0.29) is 18.0 Å². The smallest absolute Gasteiger partial charge is 0.174 e. The van der Waals surface area contributed by atoms with Gasteiger partial charge < -0.3 is 14.6 Å². The molecule has 1 N–H and O–H groups in total. The predicted octanol–water partition coefficient (Wildman–Crippen LogP) is 4.04. The van der Waals surface area contributed by atoms with E-state index in [1.54, 1.807) is 6.07 Å². The molecule has 0 saturated heterocycles. The van der Waals surface area contributed by atoms with Gasteiger partial charge in [0.2, 0.25) is 0 Å². The first-order chi connectivity index (χ1) is 9.83. The molecule has 1 aromatic carbocycles. The average molecular weight is 357 g/mol. The van der Waals surface area contributed by atoms with Crippen molar-refractivity contribution in [1.29, 1.82) is 0 Å². The van der Waals surface area contributed by atoms with Crippen LogP contribution in [0.1, 0.15) is 32.2 Å². The van der Waals surface area contributed by atoms with Gasteiger partial charge in [-0.25, -0.2) is 4.39 Å². The van der Waals surface area contributed by atoms with Gasteiger partial charge in [0.05, 0.1) is 10.2 Å². The van der Waals surface area contributed by atoms with Gasteiger partial charge in [0.1, 0.15) is 18.2 Å². The van der Waals surface area contributed by atoms with Crippen LogP contribution in [0.2, 0.25) is 0 Å². The second-order valence-electron chi connectivity index (χ2n) is 5.75. The van der Waals surface area contributed by atoms with Gasteiger partial charge in [0.15, 0.2) is 5.76 Å². The van der Waals surface area contributed by atoms with E-state index in [0.717, 1.165) is 5.69 Å². The van der Waals surface area contributed by atoms with Gasteiger partial charge in [-0.15, -0.1) is 0 Å². The van der Waals surface area contributed by atoms with Crippen LogP contribution in [0.3, 0.4) is 0 Å². The highest BCUT2D eigenvalue weighted by Gasteiger charge is 2.12. The van der Waals surface area contributed by atoms with Gasteiger partial charge in [-0.3, -0.25) is 0 Å². The molecule has 1 aromatic heterocycles. The third-order valence-electron chi connectivity index (χ3n) is 2.67. The molecule has 2 rings (SSSR count). The van der Waals surface area contributed by atoms with Crippen molar-refractivity contribution in [2.24, 2.45) is 0 Å². The molecule has 1 heterocycles. The Morgan fingerprint density at radius 3 is 2.81 bits per heavy atom. The Kier molecular flexibility index (Phi) is 5.00. The lowest BCUT2D eigenvalue weighted by molar-refractivity contribution is 0.246. The molecule has 114 valence electrons. The Bertz CT molecular complexity index is 608. The maximum absolute atomic E-state index is 13.1. The molecule has 0 aliphatic heterocycles. The number of hydrogen-bond acceptors (Lipinski definition) is 4. The van der Waals surface area contributed by atoms with Crippen molar-refractivity contribution in [3.63, 3.8) is 0 Å². The summed E-state index contributed by atoms with van der Waals surface area (Å²) in [7, 11) is 0. The normalized spacial score (nSPS) is 11.7. The molecule has 0 aliphatic rings. The van der Waals surface area contributed by atoms with Crippen molar-refractivity contribution in [2.75, 3.05) is 0 Å². The van der Waals surface area contributed by atoms with Gasteiger partial charge in [-0.05, 0) is 48.8 Å². The minimum absolute atomic E-state index is 0.0159. The highest BCUT2D eigenvalue weighted by Crippen LogP contribution is 2.26. The topological polar surface area (TPSA) is 47.3 Å². The molecule has 0 spiro atoms. The Morgan fingerprint density at radius 1 is 1.33 bits per heavy atom. The van der Waals surface area contributed by atoms with E-state index in [4.69, 9.17) is 9.26 Å². The maximum atomic E-state index is 13.1. The van der Waals surface area contributed by atoms with Gasteiger partial charge in [0.25, 0.3) is 0 Å². The monoisotopic (exact) mass is 356 g/mol. The number of rotatable bonds is 5. The molecule has 0 bridgehead atoms. The lowest BCUT2D eigenvalue weighted by Gasteiger charge is -2.19. The maximum Gasteiger partial charge on any atom is 0.174 e. The second kappa shape index (κ2) is 6.58. The largest absolute Gasteiger partial charge is 0.484 e. The predicted molar refractivity (Wildman–Crippen MR) is 81.5 cm³/mol. The summed E-state index contributed by atoms with van der Waals surface area (Å²) in [5.41, 5.74) is 0.823. The van der Waals surface area contributed by atoms with E-state index in [1.165, 1.54) is 12.1 Å². The van der Waals surface area contributed by atoms with Gasteiger partial charge in [-0.1, -0.05) is 5.16 Å². The average Bonchev–Trinajstić information content (AvgIpc) is 2.85. The zero-order valence-corrected chi connectivity index (χ0v) is 13.8. The van der Waals surface area contributed by atoms with E-state index in [0.29, 0.717) is 22.5 Å². The Labute approximate surface area is 131 Å². The third-order valence-corrected chi connectivity index (χ3v) is 3.33. The summed E-state index contributed by atoms with van der Waals surface area (Å²) in [6.45, 7) is 7.07. The molecule has 0 atom stereocenters. The van der Waals surface area contributed by atoms with Crippen LogP contribution in [0.25, 0.3) is 0 Å². The number of hydrogen-bond donors (Lipinski definition) is 1. The molecule has 0 radical (unpaired) electrons. The number of nitrogens with zero attached hydrogens (tertiary/aromatic N) is 1. The van der Waals surface area contributed by atoms with Crippen LogP contribution < -0.4 is 10.1 Å². The number of benzene rings is 1. The zero-order chi connectivity index (χ0) is 15.5. The first-order valence-electron chi connectivity index (χ1n) is 6.61. The van der Waals surface area contributed by atoms with Crippen molar-refractivity contribution in [1.82, 2.24) is 10.5 Å². The fourth-order valence-corrected chi connectivity index (χ4v) is 1.96. The minimum atomic E-state index is -0.346. The quantitative estimate of drug-likeness (QED) is 0.877. The molecule has 0 aliphatic carbocycles. The van der Waals surface area contributed by atoms with Crippen LogP contribution in [-0.2, 0) is 13.2 Å². The van der Waals surface area contributed by atoms with Crippen LogP contribution in [0, 0.1) is 5.82 Å². The molecule has 6 heteroatoms. The fourth-order valence-electron chi connectivity index (χ4n) is 1.60. The number of ether oxygens (including phenoxy) is 1. The zero-order valence-electron chi connectivity index (χ0n) is 12.2. The minimum Gasteiger partial charge on any atom is -0.484 e.